The Balaban J connectivity index is 3.19. The van der Waals surface area contributed by atoms with Gasteiger partial charge in [-0.3, -0.25) is 9.59 Å². The van der Waals surface area contributed by atoms with Gasteiger partial charge in [-0.15, -0.1) is 0 Å². The molecule has 1 aromatic carbocycles. The Morgan fingerprint density at radius 2 is 1.86 bits per heavy atom. The second kappa shape index (κ2) is 6.97. The van der Waals surface area contributed by atoms with E-state index in [0.29, 0.717) is 29.4 Å². The first-order valence-corrected chi connectivity index (χ1v) is 6.86. The van der Waals surface area contributed by atoms with Gasteiger partial charge in [0.1, 0.15) is 0 Å². The Kier molecular flexibility index (Phi) is 5.58. The largest absolute Gasteiger partial charge is 0.397 e. The molecule has 0 atom stereocenters. The van der Waals surface area contributed by atoms with Crippen LogP contribution in [0.4, 0.5) is 11.4 Å². The molecule has 0 heterocycles. The van der Waals surface area contributed by atoms with Gasteiger partial charge in [-0.2, -0.15) is 0 Å². The van der Waals surface area contributed by atoms with Crippen molar-refractivity contribution >= 4 is 23.2 Å². The second-order valence-electron chi connectivity index (χ2n) is 5.71. The quantitative estimate of drug-likeness (QED) is 0.762. The maximum absolute atomic E-state index is 12.0. The van der Waals surface area contributed by atoms with Gasteiger partial charge < -0.3 is 21.3 Å². The Bertz CT molecular complexity index is 526. The van der Waals surface area contributed by atoms with Crippen LogP contribution in [0.25, 0.3) is 0 Å². The van der Waals surface area contributed by atoms with E-state index in [1.165, 1.54) is 4.90 Å². The number of carbonyl (C=O) groups is 2. The second-order valence-corrected chi connectivity index (χ2v) is 5.71. The lowest BCUT2D eigenvalue weighted by Gasteiger charge is -2.27. The fourth-order valence-electron chi connectivity index (χ4n) is 2.09. The van der Waals surface area contributed by atoms with Crippen LogP contribution in [0.15, 0.2) is 18.2 Å². The van der Waals surface area contributed by atoms with Gasteiger partial charge in [-0.1, -0.05) is 13.8 Å². The number of rotatable bonds is 6. The third kappa shape index (κ3) is 4.66. The summed E-state index contributed by atoms with van der Waals surface area (Å²) in [5, 5.41) is 0. The molecule has 116 valence electrons. The average molecular weight is 292 g/mol. The number of nitrogens with two attached hydrogens (primary N) is 2. The zero-order valence-corrected chi connectivity index (χ0v) is 13.1. The van der Waals surface area contributed by atoms with Gasteiger partial charge in [0.05, 0.1) is 17.9 Å². The highest BCUT2D eigenvalue weighted by molar-refractivity contribution is 5.96. The molecule has 0 unspecified atom stereocenters. The molecular weight excluding hydrogens is 268 g/mol. The summed E-state index contributed by atoms with van der Waals surface area (Å²) in [5.74, 6) is -0.212. The Morgan fingerprint density at radius 3 is 2.33 bits per heavy atom. The van der Waals surface area contributed by atoms with Gasteiger partial charge in [0, 0.05) is 26.2 Å². The van der Waals surface area contributed by atoms with E-state index < -0.39 is 5.91 Å². The lowest BCUT2D eigenvalue weighted by Crippen LogP contribution is -2.37. The van der Waals surface area contributed by atoms with Crippen molar-refractivity contribution in [1.29, 1.82) is 0 Å². The van der Waals surface area contributed by atoms with E-state index in [9.17, 15) is 9.59 Å². The molecule has 6 nitrogen and oxygen atoms in total. The predicted octanol–water partition coefficient (Wildman–Crippen LogP) is 0.918. The van der Waals surface area contributed by atoms with E-state index in [4.69, 9.17) is 11.5 Å². The SMILES string of the molecule is CC(C)CN(CC(N)=O)c1cc(C(=O)N(C)C)ccc1N. The van der Waals surface area contributed by atoms with Gasteiger partial charge in [-0.25, -0.2) is 0 Å². The van der Waals surface area contributed by atoms with Gasteiger partial charge in [-0.05, 0) is 24.1 Å². The smallest absolute Gasteiger partial charge is 0.253 e. The summed E-state index contributed by atoms with van der Waals surface area (Å²) in [4.78, 5) is 26.6. The number of carbonyl (C=O) groups excluding carboxylic acids is 2. The van der Waals surface area contributed by atoms with Crippen molar-refractivity contribution in [3.05, 3.63) is 23.8 Å². The van der Waals surface area contributed by atoms with Crippen molar-refractivity contribution < 1.29 is 9.59 Å². The molecular formula is C15H24N4O2. The molecule has 0 aliphatic heterocycles. The molecule has 0 aromatic heterocycles. The molecule has 4 N–H and O–H groups in total. The normalized spacial score (nSPS) is 10.5. The average Bonchev–Trinajstić information content (AvgIpc) is 2.36. The highest BCUT2D eigenvalue weighted by Crippen LogP contribution is 2.26. The fraction of sp³-hybridized carbons (Fsp3) is 0.467. The van der Waals surface area contributed by atoms with Gasteiger partial charge in [0.25, 0.3) is 5.91 Å². The molecule has 6 heteroatoms. The molecule has 1 aromatic rings. The number of hydrogen-bond donors (Lipinski definition) is 2. The zero-order chi connectivity index (χ0) is 16.2. The molecule has 21 heavy (non-hydrogen) atoms. The molecule has 0 saturated carbocycles. The van der Waals surface area contributed by atoms with Crippen molar-refractivity contribution in [1.82, 2.24) is 4.90 Å². The number of amides is 2. The third-order valence-electron chi connectivity index (χ3n) is 2.96. The number of hydrogen-bond acceptors (Lipinski definition) is 4. The maximum Gasteiger partial charge on any atom is 0.253 e. The van der Waals surface area contributed by atoms with Crippen molar-refractivity contribution in [3.8, 4) is 0 Å². The van der Waals surface area contributed by atoms with E-state index in [0.717, 1.165) is 0 Å². The first kappa shape index (κ1) is 16.8. The summed E-state index contributed by atoms with van der Waals surface area (Å²) in [7, 11) is 3.38. The molecule has 0 fully saturated rings. The molecule has 2 amide bonds. The lowest BCUT2D eigenvalue weighted by molar-refractivity contribution is -0.116. The van der Waals surface area contributed by atoms with Crippen LogP contribution in [-0.2, 0) is 4.79 Å². The summed E-state index contributed by atoms with van der Waals surface area (Å²) in [6.45, 7) is 4.78. The van der Waals surface area contributed by atoms with E-state index in [-0.39, 0.29) is 12.5 Å². The monoisotopic (exact) mass is 292 g/mol. The number of anilines is 2. The van der Waals surface area contributed by atoms with Crippen LogP contribution in [-0.4, -0.2) is 43.9 Å². The number of nitrogen functional groups attached to an aromatic ring is 1. The van der Waals surface area contributed by atoms with Crippen molar-refractivity contribution in [3.63, 3.8) is 0 Å². The minimum absolute atomic E-state index is 0.0714. The first-order valence-electron chi connectivity index (χ1n) is 6.86. The standard InChI is InChI=1S/C15H24N4O2/c1-10(2)8-19(9-14(17)20)13-7-11(5-6-12(13)16)15(21)18(3)4/h5-7,10H,8-9,16H2,1-4H3,(H2,17,20). The number of benzene rings is 1. The van der Waals surface area contributed by atoms with E-state index >= 15 is 0 Å². The number of nitrogens with zero attached hydrogens (tertiary/aromatic N) is 2. The predicted molar refractivity (Wildman–Crippen MR) is 85.1 cm³/mol. The van der Waals surface area contributed by atoms with Gasteiger partial charge in [0.2, 0.25) is 5.91 Å². The third-order valence-corrected chi connectivity index (χ3v) is 2.96. The minimum atomic E-state index is -0.431. The zero-order valence-electron chi connectivity index (χ0n) is 13.1. The van der Waals surface area contributed by atoms with Crippen LogP contribution in [0.2, 0.25) is 0 Å². The Morgan fingerprint density at radius 1 is 1.24 bits per heavy atom. The Hall–Kier alpha value is -2.24. The van der Waals surface area contributed by atoms with E-state index in [1.54, 1.807) is 32.3 Å². The van der Waals surface area contributed by atoms with E-state index in [2.05, 4.69) is 0 Å². The molecule has 1 rings (SSSR count). The summed E-state index contributed by atoms with van der Waals surface area (Å²) in [6, 6.07) is 5.07. The molecule has 0 aliphatic carbocycles. The van der Waals surface area contributed by atoms with Crippen molar-refractivity contribution in [2.45, 2.75) is 13.8 Å². The highest BCUT2D eigenvalue weighted by Gasteiger charge is 2.17. The topological polar surface area (TPSA) is 92.7 Å². The maximum atomic E-state index is 12.0. The fourth-order valence-corrected chi connectivity index (χ4v) is 2.09. The van der Waals surface area contributed by atoms with Crippen LogP contribution < -0.4 is 16.4 Å². The summed E-state index contributed by atoms with van der Waals surface area (Å²) in [5.41, 5.74) is 13.0. The summed E-state index contributed by atoms with van der Waals surface area (Å²) < 4.78 is 0. The van der Waals surface area contributed by atoms with Crippen molar-refractivity contribution in [2.24, 2.45) is 11.7 Å². The Labute approximate surface area is 125 Å². The highest BCUT2D eigenvalue weighted by atomic mass is 16.2. The molecule has 0 saturated heterocycles. The lowest BCUT2D eigenvalue weighted by atomic mass is 10.1. The van der Waals surface area contributed by atoms with Gasteiger partial charge in [0.15, 0.2) is 0 Å². The first-order chi connectivity index (χ1) is 9.72. The van der Waals surface area contributed by atoms with E-state index in [1.807, 2.05) is 18.7 Å². The van der Waals surface area contributed by atoms with Crippen LogP contribution in [0.5, 0.6) is 0 Å². The molecule has 0 radical (unpaired) electrons. The minimum Gasteiger partial charge on any atom is -0.397 e. The van der Waals surface area contributed by atoms with Crippen LogP contribution in [0.1, 0.15) is 24.2 Å². The summed E-state index contributed by atoms with van der Waals surface area (Å²) in [6.07, 6.45) is 0. The van der Waals surface area contributed by atoms with Crippen LogP contribution in [0.3, 0.4) is 0 Å². The van der Waals surface area contributed by atoms with Crippen LogP contribution >= 0.6 is 0 Å². The summed E-state index contributed by atoms with van der Waals surface area (Å²) >= 11 is 0. The van der Waals surface area contributed by atoms with Crippen LogP contribution in [0, 0.1) is 5.92 Å². The van der Waals surface area contributed by atoms with Crippen molar-refractivity contribution in [2.75, 3.05) is 37.8 Å². The molecule has 0 spiro atoms. The number of primary amides is 1. The molecule has 0 bridgehead atoms. The molecule has 0 aliphatic rings. The van der Waals surface area contributed by atoms with Gasteiger partial charge >= 0.3 is 0 Å².